The summed E-state index contributed by atoms with van der Waals surface area (Å²) >= 11 is 0. The van der Waals surface area contributed by atoms with Gasteiger partial charge in [0, 0.05) is 7.11 Å². The van der Waals surface area contributed by atoms with Gasteiger partial charge in [-0.1, -0.05) is 0 Å². The van der Waals surface area contributed by atoms with Crippen molar-refractivity contribution in [3.8, 4) is 0 Å². The predicted molar refractivity (Wildman–Crippen MR) is 44.1 cm³/mol. The maximum atomic E-state index is 11.1. The first-order valence-electron chi connectivity index (χ1n) is 3.92. The zero-order valence-corrected chi connectivity index (χ0v) is 7.94. The molecule has 0 aromatic rings. The Balaban J connectivity index is 4.31. The summed E-state index contributed by atoms with van der Waals surface area (Å²) in [5.74, 6) is -1.26. The van der Waals surface area contributed by atoms with Crippen LogP contribution >= 0.6 is 0 Å². The number of aliphatic hydroxyl groups excluding tert-OH is 1. The van der Waals surface area contributed by atoms with Gasteiger partial charge in [0.15, 0.2) is 11.9 Å². The zero-order chi connectivity index (χ0) is 10.4. The van der Waals surface area contributed by atoms with Gasteiger partial charge < -0.3 is 14.6 Å². The van der Waals surface area contributed by atoms with Crippen molar-refractivity contribution in [2.75, 3.05) is 13.7 Å². The molecule has 0 rings (SSSR count). The van der Waals surface area contributed by atoms with Crippen LogP contribution in [0.2, 0.25) is 0 Å². The quantitative estimate of drug-likeness (QED) is 0.592. The van der Waals surface area contributed by atoms with Crippen molar-refractivity contribution in [1.82, 2.24) is 0 Å². The van der Waals surface area contributed by atoms with Gasteiger partial charge in [-0.15, -0.1) is 0 Å². The first-order valence-corrected chi connectivity index (χ1v) is 3.92. The van der Waals surface area contributed by atoms with E-state index in [-0.39, 0.29) is 6.61 Å². The summed E-state index contributed by atoms with van der Waals surface area (Å²) in [5, 5.41) is 9.21. The second-order valence-electron chi connectivity index (χ2n) is 2.46. The van der Waals surface area contributed by atoms with Gasteiger partial charge in [-0.2, -0.15) is 0 Å². The molecule has 0 radical (unpaired) electrons. The van der Waals surface area contributed by atoms with E-state index in [1.165, 1.54) is 14.0 Å². The Morgan fingerprint density at radius 3 is 2.31 bits per heavy atom. The Hall–Kier alpha value is -0.940. The van der Waals surface area contributed by atoms with Gasteiger partial charge >= 0.3 is 5.97 Å². The SMILES string of the molecule is CCOC(=O)C(OC)C(O)C(C)=O. The molecule has 0 heterocycles. The van der Waals surface area contributed by atoms with Gasteiger partial charge in [0.05, 0.1) is 6.61 Å². The Morgan fingerprint density at radius 1 is 1.46 bits per heavy atom. The standard InChI is InChI=1S/C8H14O5/c1-4-13-8(11)7(12-3)6(10)5(2)9/h6-7,10H,4H2,1-3H3. The summed E-state index contributed by atoms with van der Waals surface area (Å²) < 4.78 is 9.23. The van der Waals surface area contributed by atoms with E-state index in [2.05, 4.69) is 9.47 Å². The molecule has 76 valence electrons. The van der Waals surface area contributed by atoms with Crippen LogP contribution in [-0.4, -0.2) is 42.8 Å². The van der Waals surface area contributed by atoms with Crippen molar-refractivity contribution in [2.45, 2.75) is 26.1 Å². The molecule has 1 N–H and O–H groups in total. The summed E-state index contributed by atoms with van der Waals surface area (Å²) in [7, 11) is 1.23. The number of hydrogen-bond acceptors (Lipinski definition) is 5. The highest BCUT2D eigenvalue weighted by Gasteiger charge is 2.30. The monoisotopic (exact) mass is 190 g/mol. The lowest BCUT2D eigenvalue weighted by atomic mass is 10.1. The van der Waals surface area contributed by atoms with Gasteiger partial charge in [-0.25, -0.2) is 4.79 Å². The fourth-order valence-corrected chi connectivity index (χ4v) is 0.792. The largest absolute Gasteiger partial charge is 0.464 e. The van der Waals surface area contributed by atoms with E-state index in [1.54, 1.807) is 6.92 Å². The molecule has 0 saturated heterocycles. The van der Waals surface area contributed by atoms with Crippen molar-refractivity contribution in [2.24, 2.45) is 0 Å². The number of carbonyl (C=O) groups is 2. The molecule has 0 aliphatic rings. The lowest BCUT2D eigenvalue weighted by Crippen LogP contribution is -2.41. The Bertz CT molecular complexity index is 189. The van der Waals surface area contributed by atoms with Crippen LogP contribution in [-0.2, 0) is 19.1 Å². The van der Waals surface area contributed by atoms with E-state index in [0.29, 0.717) is 0 Å². The number of rotatable bonds is 5. The zero-order valence-electron chi connectivity index (χ0n) is 7.94. The highest BCUT2D eigenvalue weighted by atomic mass is 16.6. The minimum absolute atomic E-state index is 0.184. The molecule has 0 spiro atoms. The van der Waals surface area contributed by atoms with E-state index in [1.807, 2.05) is 0 Å². The first kappa shape index (κ1) is 12.1. The Labute approximate surface area is 76.6 Å². The fraction of sp³-hybridized carbons (Fsp3) is 0.750. The van der Waals surface area contributed by atoms with Crippen LogP contribution in [0.15, 0.2) is 0 Å². The summed E-state index contributed by atoms with van der Waals surface area (Å²) in [5.41, 5.74) is 0. The minimum Gasteiger partial charge on any atom is -0.464 e. The van der Waals surface area contributed by atoms with Crippen LogP contribution in [0.5, 0.6) is 0 Å². The third-order valence-corrected chi connectivity index (χ3v) is 1.48. The molecule has 5 heteroatoms. The van der Waals surface area contributed by atoms with Gasteiger partial charge in [0.1, 0.15) is 6.10 Å². The van der Waals surface area contributed by atoms with E-state index in [0.717, 1.165) is 0 Å². The number of Topliss-reactive ketones (excluding diaryl/α,β-unsaturated/α-hetero) is 1. The molecule has 5 nitrogen and oxygen atoms in total. The van der Waals surface area contributed by atoms with Crippen LogP contribution < -0.4 is 0 Å². The normalized spacial score (nSPS) is 14.8. The molecule has 2 unspecified atom stereocenters. The number of esters is 1. The number of hydrogen-bond donors (Lipinski definition) is 1. The molecule has 0 aliphatic carbocycles. The van der Waals surface area contributed by atoms with Crippen molar-refractivity contribution >= 4 is 11.8 Å². The predicted octanol–water partition coefficient (Wildman–Crippen LogP) is -0.486. The smallest absolute Gasteiger partial charge is 0.338 e. The number of ketones is 1. The van der Waals surface area contributed by atoms with E-state index >= 15 is 0 Å². The average molecular weight is 190 g/mol. The molecule has 0 saturated carbocycles. The topological polar surface area (TPSA) is 72.8 Å². The van der Waals surface area contributed by atoms with Crippen LogP contribution in [0.25, 0.3) is 0 Å². The second-order valence-corrected chi connectivity index (χ2v) is 2.46. The van der Waals surface area contributed by atoms with E-state index in [9.17, 15) is 14.7 Å². The highest BCUT2D eigenvalue weighted by molar-refractivity contribution is 5.88. The molecule has 0 bridgehead atoms. The van der Waals surface area contributed by atoms with Crippen molar-refractivity contribution < 1.29 is 24.2 Å². The molecular formula is C8H14O5. The molecule has 0 aromatic carbocycles. The molecule has 0 fully saturated rings. The Kier molecular flexibility index (Phi) is 5.25. The molecular weight excluding hydrogens is 176 g/mol. The lowest BCUT2D eigenvalue weighted by molar-refractivity contribution is -0.165. The summed E-state index contributed by atoms with van der Waals surface area (Å²) in [6.07, 6.45) is -2.68. The maximum absolute atomic E-state index is 11.1. The van der Waals surface area contributed by atoms with Gasteiger partial charge in [-0.3, -0.25) is 4.79 Å². The average Bonchev–Trinajstić information content (AvgIpc) is 2.05. The van der Waals surface area contributed by atoms with E-state index < -0.39 is 24.0 Å². The van der Waals surface area contributed by atoms with E-state index in [4.69, 9.17) is 0 Å². The summed E-state index contributed by atoms with van der Waals surface area (Å²) in [4.78, 5) is 21.8. The summed E-state index contributed by atoms with van der Waals surface area (Å²) in [6.45, 7) is 2.99. The van der Waals surface area contributed by atoms with Crippen LogP contribution in [0.1, 0.15) is 13.8 Å². The van der Waals surface area contributed by atoms with Crippen LogP contribution in [0.3, 0.4) is 0 Å². The number of ether oxygens (including phenoxy) is 2. The number of methoxy groups -OCH3 is 1. The highest BCUT2D eigenvalue weighted by Crippen LogP contribution is 2.02. The van der Waals surface area contributed by atoms with Crippen LogP contribution in [0, 0.1) is 0 Å². The first-order chi connectivity index (χ1) is 6.04. The molecule has 0 amide bonds. The molecule has 13 heavy (non-hydrogen) atoms. The van der Waals surface area contributed by atoms with Crippen LogP contribution in [0.4, 0.5) is 0 Å². The molecule has 0 aliphatic heterocycles. The second kappa shape index (κ2) is 5.66. The lowest BCUT2D eigenvalue weighted by Gasteiger charge is -2.17. The maximum Gasteiger partial charge on any atom is 0.338 e. The summed E-state index contributed by atoms with van der Waals surface area (Å²) in [6, 6.07) is 0. The van der Waals surface area contributed by atoms with Gasteiger partial charge in [0.25, 0.3) is 0 Å². The minimum atomic E-state index is -1.45. The third kappa shape index (κ3) is 3.52. The van der Waals surface area contributed by atoms with Crippen molar-refractivity contribution in [3.05, 3.63) is 0 Å². The van der Waals surface area contributed by atoms with Crippen molar-refractivity contribution in [3.63, 3.8) is 0 Å². The molecule has 2 atom stereocenters. The third-order valence-electron chi connectivity index (χ3n) is 1.48. The van der Waals surface area contributed by atoms with Crippen molar-refractivity contribution in [1.29, 1.82) is 0 Å². The van der Waals surface area contributed by atoms with Gasteiger partial charge in [0.2, 0.25) is 0 Å². The number of aliphatic hydroxyl groups is 1. The Morgan fingerprint density at radius 2 is 2.00 bits per heavy atom. The fourth-order valence-electron chi connectivity index (χ4n) is 0.792. The van der Waals surface area contributed by atoms with Gasteiger partial charge in [-0.05, 0) is 13.8 Å². The number of carbonyl (C=O) groups excluding carboxylic acids is 2. The molecule has 0 aromatic heterocycles.